The molecule has 1 aliphatic heterocycles. The third kappa shape index (κ3) is 6.50. The van der Waals surface area contributed by atoms with Crippen molar-refractivity contribution < 1.29 is 13.9 Å². The lowest BCUT2D eigenvalue weighted by molar-refractivity contribution is 0.0957. The molecule has 2 aromatic rings. The van der Waals surface area contributed by atoms with E-state index >= 15 is 0 Å². The standard InChI is InChI=1S/C24H33FIN7O2/c1-16(27)18(13-28-4)14-29-23(34)19-5-6-20(33-9-7-21(31-33)35-10-8-25)30-22(19)32-15-17(12-26)11-24(32,2)3/h5-7,9,13,17H,8,10-12,14-15,27H2,1-4H3,(H,29,34). The third-order valence-corrected chi connectivity index (χ3v) is 7.14. The van der Waals surface area contributed by atoms with Crippen molar-refractivity contribution in [2.75, 3.05) is 42.7 Å². The van der Waals surface area contributed by atoms with Gasteiger partial charge in [0.2, 0.25) is 5.88 Å². The summed E-state index contributed by atoms with van der Waals surface area (Å²) in [7, 11) is 1.66. The second-order valence-corrected chi connectivity index (χ2v) is 9.98. The number of alkyl halides is 2. The van der Waals surface area contributed by atoms with Crippen LogP contribution in [0, 0.1) is 5.92 Å². The number of ether oxygens (including phenoxy) is 1. The van der Waals surface area contributed by atoms with Crippen molar-refractivity contribution in [2.24, 2.45) is 16.6 Å². The zero-order chi connectivity index (χ0) is 25.6. The molecule has 1 aliphatic rings. The third-order valence-electron chi connectivity index (χ3n) is 5.90. The first kappa shape index (κ1) is 26.9. The largest absolute Gasteiger partial charge is 0.474 e. The molecule has 1 fully saturated rings. The van der Waals surface area contributed by atoms with Gasteiger partial charge in [-0.25, -0.2) is 14.1 Å². The molecule has 35 heavy (non-hydrogen) atoms. The number of hydrogen-bond acceptors (Lipinski definition) is 7. The second-order valence-electron chi connectivity index (χ2n) is 9.10. The summed E-state index contributed by atoms with van der Waals surface area (Å²) in [4.78, 5) is 24.4. The molecule has 1 saturated heterocycles. The number of carbonyl (C=O) groups excluding carboxylic acids is 1. The summed E-state index contributed by atoms with van der Waals surface area (Å²) < 4.78 is 20.3. The molecular formula is C24H33FIN7O2. The van der Waals surface area contributed by atoms with E-state index in [9.17, 15) is 9.18 Å². The Hall–Kier alpha value is -2.70. The summed E-state index contributed by atoms with van der Waals surface area (Å²) >= 11 is 2.41. The van der Waals surface area contributed by atoms with E-state index in [1.54, 1.807) is 49.3 Å². The number of nitrogens with two attached hydrogens (primary N) is 1. The summed E-state index contributed by atoms with van der Waals surface area (Å²) in [6.07, 6.45) is 4.35. The number of amides is 1. The van der Waals surface area contributed by atoms with Gasteiger partial charge in [-0.05, 0) is 45.2 Å². The van der Waals surface area contributed by atoms with Gasteiger partial charge in [0.15, 0.2) is 5.82 Å². The molecule has 0 bridgehead atoms. The van der Waals surface area contributed by atoms with Crippen LogP contribution in [-0.4, -0.2) is 70.3 Å². The molecule has 0 saturated carbocycles. The smallest absolute Gasteiger partial charge is 0.255 e. The molecule has 1 atom stereocenters. The number of allylic oxidation sites excluding steroid dienone is 1. The normalized spacial score (nSPS) is 18.1. The van der Waals surface area contributed by atoms with Gasteiger partial charge in [-0.1, -0.05) is 22.6 Å². The van der Waals surface area contributed by atoms with Crippen molar-refractivity contribution in [1.82, 2.24) is 20.1 Å². The molecule has 9 nitrogen and oxygen atoms in total. The Kier molecular flexibility index (Phi) is 9.09. The van der Waals surface area contributed by atoms with Crippen molar-refractivity contribution in [3.8, 4) is 11.7 Å². The van der Waals surface area contributed by atoms with Crippen LogP contribution in [0.3, 0.4) is 0 Å². The maximum atomic E-state index is 13.3. The predicted molar refractivity (Wildman–Crippen MR) is 145 cm³/mol. The van der Waals surface area contributed by atoms with Crippen LogP contribution in [0.25, 0.3) is 5.82 Å². The minimum Gasteiger partial charge on any atom is -0.474 e. The van der Waals surface area contributed by atoms with Gasteiger partial charge in [0.25, 0.3) is 5.91 Å². The molecule has 0 radical (unpaired) electrons. The quantitative estimate of drug-likeness (QED) is 0.247. The highest BCUT2D eigenvalue weighted by Crippen LogP contribution is 2.38. The van der Waals surface area contributed by atoms with Crippen LogP contribution in [0.4, 0.5) is 10.2 Å². The number of halogens is 2. The molecule has 11 heteroatoms. The average Bonchev–Trinajstić information content (AvgIpc) is 3.43. The summed E-state index contributed by atoms with van der Waals surface area (Å²) in [5.41, 5.74) is 7.57. The Labute approximate surface area is 219 Å². The van der Waals surface area contributed by atoms with Crippen molar-refractivity contribution in [3.05, 3.63) is 41.2 Å². The molecule has 1 amide bonds. The molecule has 0 spiro atoms. The number of rotatable bonds is 10. The SMILES string of the molecule is CN=CC(CNC(=O)c1ccc(-n2ccc(OCCF)n2)nc1N1CC(CI)CC1(C)C)=C(C)N. The number of aliphatic imine (C=N–C) groups is 1. The van der Waals surface area contributed by atoms with Crippen LogP contribution in [0.15, 0.2) is 40.7 Å². The molecule has 0 aliphatic carbocycles. The molecule has 2 aromatic heterocycles. The van der Waals surface area contributed by atoms with Crippen molar-refractivity contribution in [3.63, 3.8) is 0 Å². The fourth-order valence-corrected chi connectivity index (χ4v) is 4.77. The van der Waals surface area contributed by atoms with E-state index in [1.807, 2.05) is 0 Å². The topological polar surface area (TPSA) is 111 Å². The summed E-state index contributed by atoms with van der Waals surface area (Å²) in [6.45, 7) is 6.52. The van der Waals surface area contributed by atoms with Crippen molar-refractivity contribution in [2.45, 2.75) is 32.7 Å². The minimum absolute atomic E-state index is 0.0596. The number of anilines is 1. The highest BCUT2D eigenvalue weighted by molar-refractivity contribution is 14.1. The highest BCUT2D eigenvalue weighted by Gasteiger charge is 2.40. The van der Waals surface area contributed by atoms with E-state index in [2.05, 4.69) is 56.7 Å². The lowest BCUT2D eigenvalue weighted by Gasteiger charge is -2.34. The van der Waals surface area contributed by atoms with E-state index in [-0.39, 0.29) is 24.6 Å². The first-order valence-electron chi connectivity index (χ1n) is 11.4. The Morgan fingerprint density at radius 1 is 1.43 bits per heavy atom. The monoisotopic (exact) mass is 597 g/mol. The number of pyridine rings is 1. The van der Waals surface area contributed by atoms with E-state index in [4.69, 9.17) is 15.5 Å². The number of nitrogens with zero attached hydrogens (tertiary/aromatic N) is 5. The molecule has 0 aromatic carbocycles. The molecule has 3 heterocycles. The van der Waals surface area contributed by atoms with Gasteiger partial charge >= 0.3 is 0 Å². The van der Waals surface area contributed by atoms with E-state index < -0.39 is 6.67 Å². The molecule has 3 rings (SSSR count). The minimum atomic E-state index is -0.591. The Bertz CT molecular complexity index is 1100. The van der Waals surface area contributed by atoms with E-state index in [0.717, 1.165) is 23.0 Å². The average molecular weight is 597 g/mol. The van der Waals surface area contributed by atoms with Crippen molar-refractivity contribution in [1.29, 1.82) is 0 Å². The maximum absolute atomic E-state index is 13.3. The van der Waals surface area contributed by atoms with Gasteiger partial charge in [-0.2, -0.15) is 0 Å². The fraction of sp³-hybridized carbons (Fsp3) is 0.500. The van der Waals surface area contributed by atoms with Crippen LogP contribution < -0.4 is 20.7 Å². The van der Waals surface area contributed by atoms with Gasteiger partial charge in [-0.3, -0.25) is 9.79 Å². The number of hydrogen-bond donors (Lipinski definition) is 2. The summed E-state index contributed by atoms with van der Waals surface area (Å²) in [6, 6.07) is 5.15. The second kappa shape index (κ2) is 11.8. The highest BCUT2D eigenvalue weighted by atomic mass is 127. The van der Waals surface area contributed by atoms with Gasteiger partial charge in [0, 0.05) is 59.9 Å². The van der Waals surface area contributed by atoms with Crippen LogP contribution in [0.1, 0.15) is 37.6 Å². The maximum Gasteiger partial charge on any atom is 0.255 e. The molecule has 190 valence electrons. The molecule has 3 N–H and O–H groups in total. The van der Waals surface area contributed by atoms with Gasteiger partial charge in [0.1, 0.15) is 19.1 Å². The Morgan fingerprint density at radius 3 is 2.83 bits per heavy atom. The number of aromatic nitrogens is 3. The molecule has 1 unspecified atom stereocenters. The number of carbonyl (C=O) groups is 1. The van der Waals surface area contributed by atoms with E-state index in [0.29, 0.717) is 34.7 Å². The van der Waals surface area contributed by atoms with Crippen LogP contribution >= 0.6 is 22.6 Å². The van der Waals surface area contributed by atoms with Gasteiger partial charge < -0.3 is 20.7 Å². The van der Waals surface area contributed by atoms with Crippen molar-refractivity contribution >= 4 is 40.5 Å². The van der Waals surface area contributed by atoms with E-state index in [1.165, 1.54) is 0 Å². The Morgan fingerprint density at radius 2 is 2.20 bits per heavy atom. The van der Waals surface area contributed by atoms with Gasteiger partial charge in [0.05, 0.1) is 5.56 Å². The first-order chi connectivity index (χ1) is 16.7. The van der Waals surface area contributed by atoms with Crippen LogP contribution in [-0.2, 0) is 0 Å². The number of nitrogens with one attached hydrogen (secondary N) is 1. The Balaban J connectivity index is 1.98. The lowest BCUT2D eigenvalue weighted by atomic mass is 9.97. The zero-order valence-electron chi connectivity index (χ0n) is 20.6. The lowest BCUT2D eigenvalue weighted by Crippen LogP contribution is -2.40. The predicted octanol–water partition coefficient (Wildman–Crippen LogP) is 3.32. The van der Waals surface area contributed by atoms with Gasteiger partial charge in [-0.15, -0.1) is 5.10 Å². The molecular weight excluding hydrogens is 564 g/mol. The van der Waals surface area contributed by atoms with Crippen LogP contribution in [0.2, 0.25) is 0 Å². The first-order valence-corrected chi connectivity index (χ1v) is 13.0. The summed E-state index contributed by atoms with van der Waals surface area (Å²) in [5.74, 6) is 1.69. The van der Waals surface area contributed by atoms with Crippen LogP contribution in [0.5, 0.6) is 5.88 Å². The zero-order valence-corrected chi connectivity index (χ0v) is 22.8. The fourth-order valence-electron chi connectivity index (χ4n) is 4.18. The summed E-state index contributed by atoms with van der Waals surface area (Å²) in [5, 5.41) is 7.29.